The van der Waals surface area contributed by atoms with Gasteiger partial charge in [-0.25, -0.2) is 17.6 Å². The Morgan fingerprint density at radius 3 is 1.88 bits per heavy atom. The summed E-state index contributed by atoms with van der Waals surface area (Å²) in [7, 11) is 0. The molecule has 25 heavy (non-hydrogen) atoms. The van der Waals surface area contributed by atoms with Crippen LogP contribution in [0, 0.1) is 23.3 Å². The highest BCUT2D eigenvalue weighted by atomic mass is 19.1. The third-order valence-corrected chi connectivity index (χ3v) is 3.75. The minimum absolute atomic E-state index is 0.00385. The Kier molecular flexibility index (Phi) is 5.09. The number of hydrogen-bond donors (Lipinski definition) is 1. The minimum Gasteiger partial charge on any atom is -0.307 e. The van der Waals surface area contributed by atoms with Crippen LogP contribution in [0.1, 0.15) is 11.3 Å². The quantitative estimate of drug-likeness (QED) is 0.683. The number of aromatic nitrogens is 1. The van der Waals surface area contributed by atoms with Crippen molar-refractivity contribution in [2.75, 3.05) is 0 Å². The first-order chi connectivity index (χ1) is 12.1. The lowest BCUT2D eigenvalue weighted by Gasteiger charge is -2.08. The van der Waals surface area contributed by atoms with Crippen LogP contribution in [0.2, 0.25) is 0 Å². The van der Waals surface area contributed by atoms with E-state index in [2.05, 4.69) is 10.3 Å². The van der Waals surface area contributed by atoms with Crippen LogP contribution in [0.15, 0.2) is 54.7 Å². The SMILES string of the molecule is Fc1cccc(F)c1CNCc1ccc(-c2c(F)cccc2F)cn1. The van der Waals surface area contributed by atoms with E-state index in [0.717, 1.165) is 0 Å². The van der Waals surface area contributed by atoms with Gasteiger partial charge in [-0.1, -0.05) is 18.2 Å². The summed E-state index contributed by atoms with van der Waals surface area (Å²) in [6.45, 7) is 0.262. The fraction of sp³-hybridized carbons (Fsp3) is 0.105. The van der Waals surface area contributed by atoms with E-state index in [-0.39, 0.29) is 24.2 Å². The molecule has 6 heteroatoms. The Bertz CT molecular complexity index is 839. The Morgan fingerprint density at radius 2 is 1.32 bits per heavy atom. The standard InChI is InChI=1S/C19H14F4N2/c20-15-3-1-4-16(21)14(15)11-24-10-13-8-7-12(9-25-13)19-17(22)5-2-6-18(19)23/h1-9,24H,10-11H2. The number of rotatable bonds is 5. The van der Waals surface area contributed by atoms with Crippen molar-refractivity contribution in [2.24, 2.45) is 0 Å². The van der Waals surface area contributed by atoms with E-state index >= 15 is 0 Å². The zero-order chi connectivity index (χ0) is 17.8. The van der Waals surface area contributed by atoms with E-state index < -0.39 is 23.3 Å². The summed E-state index contributed by atoms with van der Waals surface area (Å²) in [6, 6.07) is 10.5. The number of benzene rings is 2. The van der Waals surface area contributed by atoms with Gasteiger partial charge in [-0.15, -0.1) is 0 Å². The molecule has 0 aliphatic rings. The molecule has 1 N–H and O–H groups in total. The Morgan fingerprint density at radius 1 is 0.720 bits per heavy atom. The smallest absolute Gasteiger partial charge is 0.134 e. The average molecular weight is 346 g/mol. The molecule has 128 valence electrons. The van der Waals surface area contributed by atoms with Crippen molar-refractivity contribution in [1.29, 1.82) is 0 Å². The van der Waals surface area contributed by atoms with Gasteiger partial charge in [0.15, 0.2) is 0 Å². The van der Waals surface area contributed by atoms with Crippen molar-refractivity contribution < 1.29 is 17.6 Å². The third-order valence-electron chi connectivity index (χ3n) is 3.75. The van der Waals surface area contributed by atoms with E-state index in [4.69, 9.17) is 0 Å². The summed E-state index contributed by atoms with van der Waals surface area (Å²) >= 11 is 0. The molecule has 1 heterocycles. The molecule has 1 aromatic heterocycles. The summed E-state index contributed by atoms with van der Waals surface area (Å²) in [4.78, 5) is 4.13. The van der Waals surface area contributed by atoms with Crippen LogP contribution < -0.4 is 5.32 Å². The highest BCUT2D eigenvalue weighted by molar-refractivity contribution is 5.63. The first-order valence-corrected chi connectivity index (χ1v) is 7.59. The van der Waals surface area contributed by atoms with E-state index in [9.17, 15) is 17.6 Å². The van der Waals surface area contributed by atoms with Crippen molar-refractivity contribution in [2.45, 2.75) is 13.1 Å². The number of nitrogens with one attached hydrogen (secondary N) is 1. The second-order valence-electron chi connectivity index (χ2n) is 5.44. The molecular weight excluding hydrogens is 332 g/mol. The van der Waals surface area contributed by atoms with Crippen LogP contribution in [0.3, 0.4) is 0 Å². The summed E-state index contributed by atoms with van der Waals surface area (Å²) in [5, 5.41) is 2.89. The molecule has 0 aliphatic heterocycles. The van der Waals surface area contributed by atoms with E-state index in [1.165, 1.54) is 42.6 Å². The van der Waals surface area contributed by atoms with Crippen molar-refractivity contribution in [3.8, 4) is 11.1 Å². The van der Waals surface area contributed by atoms with Crippen LogP contribution in [0.4, 0.5) is 17.6 Å². The monoisotopic (exact) mass is 346 g/mol. The van der Waals surface area contributed by atoms with Gasteiger partial charge < -0.3 is 5.32 Å². The van der Waals surface area contributed by atoms with Gasteiger partial charge in [-0.3, -0.25) is 4.98 Å². The molecule has 0 radical (unpaired) electrons. The molecule has 2 nitrogen and oxygen atoms in total. The maximum absolute atomic E-state index is 13.8. The predicted octanol–water partition coefficient (Wildman–Crippen LogP) is 4.59. The number of halogens is 4. The van der Waals surface area contributed by atoms with Crippen molar-refractivity contribution >= 4 is 0 Å². The first kappa shape index (κ1) is 17.1. The van der Waals surface area contributed by atoms with Gasteiger partial charge >= 0.3 is 0 Å². The molecule has 2 aromatic carbocycles. The zero-order valence-electron chi connectivity index (χ0n) is 13.1. The Balaban J connectivity index is 1.67. The van der Waals surface area contributed by atoms with Gasteiger partial charge in [0.25, 0.3) is 0 Å². The lowest BCUT2D eigenvalue weighted by molar-refractivity contribution is 0.534. The van der Waals surface area contributed by atoms with Gasteiger partial charge in [0, 0.05) is 30.4 Å². The summed E-state index contributed by atoms with van der Waals surface area (Å²) < 4.78 is 54.6. The number of hydrogen-bond acceptors (Lipinski definition) is 2. The molecular formula is C19H14F4N2. The molecule has 3 aromatic rings. The molecule has 0 saturated carbocycles. The second kappa shape index (κ2) is 7.44. The third kappa shape index (κ3) is 3.85. The lowest BCUT2D eigenvalue weighted by Crippen LogP contribution is -2.15. The van der Waals surface area contributed by atoms with Crippen LogP contribution >= 0.6 is 0 Å². The Labute approximate surface area is 142 Å². The number of pyridine rings is 1. The fourth-order valence-corrected chi connectivity index (χ4v) is 2.47. The largest absolute Gasteiger partial charge is 0.307 e. The van der Waals surface area contributed by atoms with Gasteiger partial charge in [0.2, 0.25) is 0 Å². The van der Waals surface area contributed by atoms with Crippen molar-refractivity contribution in [3.63, 3.8) is 0 Å². The van der Waals surface area contributed by atoms with E-state index in [1.54, 1.807) is 12.1 Å². The van der Waals surface area contributed by atoms with Crippen molar-refractivity contribution in [1.82, 2.24) is 10.3 Å². The normalized spacial score (nSPS) is 10.9. The highest BCUT2D eigenvalue weighted by Crippen LogP contribution is 2.25. The molecule has 0 fully saturated rings. The van der Waals surface area contributed by atoms with E-state index in [0.29, 0.717) is 11.3 Å². The molecule has 0 amide bonds. The van der Waals surface area contributed by atoms with Gasteiger partial charge in [-0.2, -0.15) is 0 Å². The molecule has 0 bridgehead atoms. The molecule has 3 rings (SSSR count). The zero-order valence-corrected chi connectivity index (χ0v) is 13.1. The van der Waals surface area contributed by atoms with Crippen LogP contribution in [0.5, 0.6) is 0 Å². The van der Waals surface area contributed by atoms with Gasteiger partial charge in [0.05, 0.1) is 11.3 Å². The predicted molar refractivity (Wildman–Crippen MR) is 86.5 cm³/mol. The molecule has 0 unspecified atom stereocenters. The summed E-state index contributed by atoms with van der Waals surface area (Å²) in [6.07, 6.45) is 1.36. The second-order valence-corrected chi connectivity index (χ2v) is 5.44. The maximum atomic E-state index is 13.8. The molecule has 0 saturated heterocycles. The lowest BCUT2D eigenvalue weighted by atomic mass is 10.1. The molecule has 0 atom stereocenters. The van der Waals surface area contributed by atoms with Crippen LogP contribution in [0.25, 0.3) is 11.1 Å². The first-order valence-electron chi connectivity index (χ1n) is 7.59. The van der Waals surface area contributed by atoms with Gasteiger partial charge in [0.1, 0.15) is 23.3 Å². The summed E-state index contributed by atoms with van der Waals surface area (Å²) in [5.41, 5.74) is 0.715. The minimum atomic E-state index is -0.664. The number of nitrogens with zero attached hydrogens (tertiary/aromatic N) is 1. The van der Waals surface area contributed by atoms with Crippen LogP contribution in [-0.4, -0.2) is 4.98 Å². The van der Waals surface area contributed by atoms with Crippen molar-refractivity contribution in [3.05, 3.63) is 89.3 Å². The van der Waals surface area contributed by atoms with Crippen LogP contribution in [-0.2, 0) is 13.1 Å². The van der Waals surface area contributed by atoms with E-state index in [1.807, 2.05) is 0 Å². The summed E-state index contributed by atoms with van der Waals surface area (Å²) in [5.74, 6) is -2.57. The molecule has 0 aliphatic carbocycles. The maximum Gasteiger partial charge on any atom is 0.134 e. The van der Waals surface area contributed by atoms with Gasteiger partial charge in [-0.05, 0) is 30.3 Å². The molecule has 0 spiro atoms. The fourth-order valence-electron chi connectivity index (χ4n) is 2.47. The Hall–Kier alpha value is -2.73. The average Bonchev–Trinajstić information content (AvgIpc) is 2.59. The topological polar surface area (TPSA) is 24.9 Å². The highest BCUT2D eigenvalue weighted by Gasteiger charge is 2.11.